The molecule has 2 aliphatic rings. The van der Waals surface area contributed by atoms with Crippen LogP contribution in [-0.4, -0.2) is 29.2 Å². The molecule has 4 unspecified atom stereocenters. The average Bonchev–Trinajstić information content (AvgIpc) is 2.87. The number of nitrogens with one attached hydrogen (secondary N) is 2. The van der Waals surface area contributed by atoms with E-state index in [-0.39, 0.29) is 18.1 Å². The first kappa shape index (κ1) is 14.2. The van der Waals surface area contributed by atoms with Crippen molar-refractivity contribution < 1.29 is 14.7 Å². The Morgan fingerprint density at radius 1 is 1.21 bits per heavy atom. The van der Waals surface area contributed by atoms with Crippen LogP contribution in [0.15, 0.2) is 0 Å². The van der Waals surface area contributed by atoms with E-state index in [0.717, 1.165) is 32.1 Å². The van der Waals surface area contributed by atoms with Crippen LogP contribution >= 0.6 is 0 Å². The first-order chi connectivity index (χ1) is 8.91. The molecule has 4 atom stereocenters. The molecule has 2 amide bonds. The van der Waals surface area contributed by atoms with E-state index >= 15 is 0 Å². The zero-order valence-electron chi connectivity index (χ0n) is 11.7. The summed E-state index contributed by atoms with van der Waals surface area (Å²) in [5.74, 6) is -0.147. The van der Waals surface area contributed by atoms with Crippen LogP contribution in [0.5, 0.6) is 0 Å². The van der Waals surface area contributed by atoms with Gasteiger partial charge >= 0.3 is 12.0 Å². The molecule has 0 aromatic carbocycles. The number of rotatable bonds is 3. The predicted octanol–water partition coefficient (Wildman–Crippen LogP) is 2.12. The van der Waals surface area contributed by atoms with Gasteiger partial charge in [0.15, 0.2) is 0 Å². The zero-order valence-corrected chi connectivity index (χ0v) is 11.7. The van der Waals surface area contributed by atoms with Gasteiger partial charge in [-0.3, -0.25) is 4.79 Å². The van der Waals surface area contributed by atoms with Crippen molar-refractivity contribution in [3.8, 4) is 0 Å². The van der Waals surface area contributed by atoms with Crippen molar-refractivity contribution in [1.29, 1.82) is 0 Å². The second-order valence-corrected chi connectivity index (χ2v) is 6.40. The number of aliphatic carboxylic acids is 1. The summed E-state index contributed by atoms with van der Waals surface area (Å²) in [6.07, 6.45) is 5.43. The van der Waals surface area contributed by atoms with E-state index < -0.39 is 11.4 Å². The normalized spacial score (nSPS) is 38.1. The van der Waals surface area contributed by atoms with Crippen molar-refractivity contribution in [3.63, 3.8) is 0 Å². The van der Waals surface area contributed by atoms with Gasteiger partial charge in [-0.15, -0.1) is 0 Å². The molecule has 3 N–H and O–H groups in total. The smallest absolute Gasteiger partial charge is 0.315 e. The van der Waals surface area contributed by atoms with Crippen molar-refractivity contribution in [2.75, 3.05) is 0 Å². The molecule has 108 valence electrons. The van der Waals surface area contributed by atoms with Crippen molar-refractivity contribution in [2.45, 2.75) is 64.5 Å². The van der Waals surface area contributed by atoms with Crippen LogP contribution in [-0.2, 0) is 4.79 Å². The number of carboxylic acids is 1. The van der Waals surface area contributed by atoms with E-state index in [9.17, 15) is 14.7 Å². The minimum Gasteiger partial charge on any atom is -0.481 e. The number of hydrogen-bond donors (Lipinski definition) is 3. The lowest BCUT2D eigenvalue weighted by Crippen LogP contribution is -2.51. The molecule has 2 saturated carbocycles. The Bertz CT molecular complexity index is 372. The first-order valence-corrected chi connectivity index (χ1v) is 7.22. The predicted molar refractivity (Wildman–Crippen MR) is 71.9 cm³/mol. The quantitative estimate of drug-likeness (QED) is 0.733. The Morgan fingerprint density at radius 3 is 2.53 bits per heavy atom. The molecule has 0 heterocycles. The molecule has 0 aromatic heterocycles. The third kappa shape index (κ3) is 3.01. The highest BCUT2D eigenvalue weighted by Crippen LogP contribution is 2.38. The molecule has 2 aliphatic carbocycles. The SMILES string of the molecule is CC1CCC(NC(=O)NC2CCCC2(C)C(=O)O)C1. The lowest BCUT2D eigenvalue weighted by molar-refractivity contribution is -0.148. The molecule has 0 aromatic rings. The summed E-state index contributed by atoms with van der Waals surface area (Å²) in [5.41, 5.74) is -0.819. The van der Waals surface area contributed by atoms with Crippen LogP contribution in [0.25, 0.3) is 0 Å². The highest BCUT2D eigenvalue weighted by Gasteiger charge is 2.46. The largest absolute Gasteiger partial charge is 0.481 e. The van der Waals surface area contributed by atoms with E-state index in [1.54, 1.807) is 6.92 Å². The standard InChI is InChI=1S/C14H24N2O3/c1-9-5-6-10(8-9)15-13(19)16-11-4-3-7-14(11,2)12(17)18/h9-11H,3-8H2,1-2H3,(H,17,18)(H2,15,16,19). The van der Waals surface area contributed by atoms with Gasteiger partial charge in [-0.25, -0.2) is 4.79 Å². The van der Waals surface area contributed by atoms with Gasteiger partial charge in [0.25, 0.3) is 0 Å². The summed E-state index contributed by atoms with van der Waals surface area (Å²) in [7, 11) is 0. The van der Waals surface area contributed by atoms with E-state index in [1.807, 2.05) is 0 Å². The van der Waals surface area contributed by atoms with Crippen LogP contribution in [0.3, 0.4) is 0 Å². The first-order valence-electron chi connectivity index (χ1n) is 7.22. The molecule has 2 rings (SSSR count). The third-order valence-corrected chi connectivity index (χ3v) is 4.78. The number of amides is 2. The van der Waals surface area contributed by atoms with Crippen molar-refractivity contribution >= 4 is 12.0 Å². The Labute approximate surface area is 114 Å². The Balaban J connectivity index is 1.86. The van der Waals surface area contributed by atoms with E-state index in [1.165, 1.54) is 0 Å². The van der Waals surface area contributed by atoms with Gasteiger partial charge in [0, 0.05) is 12.1 Å². The number of urea groups is 1. The lowest BCUT2D eigenvalue weighted by Gasteiger charge is -2.28. The molecular weight excluding hydrogens is 244 g/mol. The van der Waals surface area contributed by atoms with Crippen LogP contribution in [0, 0.1) is 11.3 Å². The van der Waals surface area contributed by atoms with Crippen molar-refractivity contribution in [3.05, 3.63) is 0 Å². The molecule has 0 saturated heterocycles. The molecule has 2 fully saturated rings. The summed E-state index contributed by atoms with van der Waals surface area (Å²) in [6, 6.07) is -0.227. The maximum Gasteiger partial charge on any atom is 0.315 e. The summed E-state index contributed by atoms with van der Waals surface area (Å²) in [4.78, 5) is 23.3. The monoisotopic (exact) mass is 268 g/mol. The molecule has 5 nitrogen and oxygen atoms in total. The molecule has 0 bridgehead atoms. The molecule has 19 heavy (non-hydrogen) atoms. The number of carboxylic acid groups (broad SMARTS) is 1. The molecule has 0 aliphatic heterocycles. The Kier molecular flexibility index (Phi) is 4.02. The van der Waals surface area contributed by atoms with Crippen molar-refractivity contribution in [2.24, 2.45) is 11.3 Å². The molecule has 0 spiro atoms. The molecule has 0 radical (unpaired) electrons. The van der Waals surface area contributed by atoms with Gasteiger partial charge in [-0.2, -0.15) is 0 Å². The fourth-order valence-electron chi connectivity index (χ4n) is 3.38. The van der Waals surface area contributed by atoms with E-state index in [0.29, 0.717) is 12.3 Å². The minimum atomic E-state index is -0.819. The van der Waals surface area contributed by atoms with Crippen LogP contribution < -0.4 is 10.6 Å². The van der Waals surface area contributed by atoms with Crippen LogP contribution in [0.4, 0.5) is 4.79 Å². The van der Waals surface area contributed by atoms with Gasteiger partial charge in [-0.05, 0) is 44.9 Å². The summed E-state index contributed by atoms with van der Waals surface area (Å²) in [6.45, 7) is 3.92. The molecular formula is C14H24N2O3. The van der Waals surface area contributed by atoms with Crippen LogP contribution in [0.2, 0.25) is 0 Å². The fraction of sp³-hybridized carbons (Fsp3) is 0.857. The fourth-order valence-corrected chi connectivity index (χ4v) is 3.38. The maximum atomic E-state index is 12.0. The third-order valence-electron chi connectivity index (χ3n) is 4.78. The Hall–Kier alpha value is -1.26. The average molecular weight is 268 g/mol. The van der Waals surface area contributed by atoms with Gasteiger partial charge < -0.3 is 15.7 Å². The lowest BCUT2D eigenvalue weighted by atomic mass is 9.85. The Morgan fingerprint density at radius 2 is 1.95 bits per heavy atom. The summed E-state index contributed by atoms with van der Waals surface area (Å²) >= 11 is 0. The zero-order chi connectivity index (χ0) is 14.0. The van der Waals surface area contributed by atoms with Gasteiger partial charge in [0.2, 0.25) is 0 Å². The number of carbonyl (C=O) groups excluding carboxylic acids is 1. The van der Waals surface area contributed by atoms with Crippen molar-refractivity contribution in [1.82, 2.24) is 10.6 Å². The highest BCUT2D eigenvalue weighted by molar-refractivity contribution is 5.79. The number of hydrogen-bond acceptors (Lipinski definition) is 2. The molecule has 5 heteroatoms. The summed E-state index contributed by atoms with van der Waals surface area (Å²) in [5, 5.41) is 15.1. The number of carbonyl (C=O) groups is 2. The highest BCUT2D eigenvalue weighted by atomic mass is 16.4. The second kappa shape index (κ2) is 5.39. The van der Waals surface area contributed by atoms with Gasteiger partial charge in [0.05, 0.1) is 5.41 Å². The maximum absolute atomic E-state index is 12.0. The van der Waals surface area contributed by atoms with E-state index in [4.69, 9.17) is 0 Å². The second-order valence-electron chi connectivity index (χ2n) is 6.40. The van der Waals surface area contributed by atoms with E-state index in [2.05, 4.69) is 17.6 Å². The van der Waals surface area contributed by atoms with Crippen LogP contribution in [0.1, 0.15) is 52.4 Å². The van der Waals surface area contributed by atoms with Gasteiger partial charge in [-0.1, -0.05) is 13.3 Å². The van der Waals surface area contributed by atoms with Gasteiger partial charge in [0.1, 0.15) is 0 Å². The summed E-state index contributed by atoms with van der Waals surface area (Å²) < 4.78 is 0. The topological polar surface area (TPSA) is 78.4 Å². The minimum absolute atomic E-state index is 0.210.